The maximum atomic E-state index is 11.4. The Labute approximate surface area is 142 Å². The molecule has 0 aliphatic carbocycles. The summed E-state index contributed by atoms with van der Waals surface area (Å²) in [6.07, 6.45) is 0. The van der Waals surface area contributed by atoms with Gasteiger partial charge in [-0.3, -0.25) is 4.79 Å². The third-order valence-electron chi connectivity index (χ3n) is 3.59. The Kier molecular flexibility index (Phi) is 4.10. The number of amides is 1. The summed E-state index contributed by atoms with van der Waals surface area (Å²) in [6, 6.07) is 13.7. The molecule has 0 fully saturated rings. The molecule has 1 heterocycles. The Hall–Kier alpha value is -3.79. The predicted octanol–water partition coefficient (Wildman–Crippen LogP) is 2.71. The summed E-state index contributed by atoms with van der Waals surface area (Å²) in [5.74, 6) is -0.0971. The molecule has 0 radical (unpaired) electrons. The number of primary amides is 1. The summed E-state index contributed by atoms with van der Waals surface area (Å²) >= 11 is 0. The van der Waals surface area contributed by atoms with Gasteiger partial charge in [0.2, 0.25) is 0 Å². The first-order valence-electron chi connectivity index (χ1n) is 7.23. The summed E-state index contributed by atoms with van der Waals surface area (Å²) in [4.78, 5) is 15.3. The molecule has 25 heavy (non-hydrogen) atoms. The lowest BCUT2D eigenvalue weighted by atomic mass is 10.1. The number of aromatic nitrogens is 1. The lowest BCUT2D eigenvalue weighted by molar-refractivity contribution is 0.0993. The van der Waals surface area contributed by atoms with E-state index >= 15 is 0 Å². The van der Waals surface area contributed by atoms with E-state index in [4.69, 9.17) is 15.2 Å². The van der Waals surface area contributed by atoms with Crippen molar-refractivity contribution in [3.05, 3.63) is 53.9 Å². The van der Waals surface area contributed by atoms with Crippen molar-refractivity contribution in [1.82, 2.24) is 4.98 Å². The number of rotatable bonds is 4. The Morgan fingerprint density at radius 3 is 2.48 bits per heavy atom. The number of hydrogen-bond donors (Lipinski definition) is 2. The topological polar surface area (TPSA) is 118 Å². The van der Waals surface area contributed by atoms with E-state index in [1.807, 2.05) is 6.07 Å². The van der Waals surface area contributed by atoms with Gasteiger partial charge in [0, 0.05) is 5.39 Å². The first kappa shape index (κ1) is 16.1. The van der Waals surface area contributed by atoms with Crippen molar-refractivity contribution >= 4 is 16.7 Å². The number of benzene rings is 2. The average molecular weight is 335 g/mol. The highest BCUT2D eigenvalue weighted by Crippen LogP contribution is 2.39. The summed E-state index contributed by atoms with van der Waals surface area (Å²) in [5, 5.41) is 20.2. The van der Waals surface area contributed by atoms with E-state index in [1.165, 1.54) is 7.11 Å². The number of fused-ring (bicyclic) bond motifs is 1. The smallest absolute Gasteiger partial charge is 0.271 e. The van der Waals surface area contributed by atoms with Gasteiger partial charge in [-0.2, -0.15) is 5.26 Å². The van der Waals surface area contributed by atoms with Gasteiger partial charge in [-0.15, -0.1) is 0 Å². The van der Waals surface area contributed by atoms with Gasteiger partial charge in [0.1, 0.15) is 11.8 Å². The Morgan fingerprint density at radius 1 is 1.16 bits per heavy atom. The van der Waals surface area contributed by atoms with Crippen molar-refractivity contribution < 1.29 is 19.4 Å². The number of nitriles is 1. The van der Waals surface area contributed by atoms with Crippen LogP contribution in [0, 0.1) is 11.3 Å². The van der Waals surface area contributed by atoms with E-state index in [1.54, 1.807) is 42.5 Å². The number of para-hydroxylation sites is 2. The van der Waals surface area contributed by atoms with E-state index in [0.29, 0.717) is 11.5 Å². The molecule has 7 nitrogen and oxygen atoms in total. The number of carbonyl (C=O) groups excluding carboxylic acids is 1. The standard InChI is InChI=1S/C18H13N3O4/c1-24-12-6-2-3-7-13(12)25-14-8-4-5-10-15(14)11(9-19)21-16(17(10)22)18(20)23/h2-8,22H,1H3,(H2,20,23). The van der Waals surface area contributed by atoms with Crippen molar-refractivity contribution in [2.24, 2.45) is 5.73 Å². The molecule has 124 valence electrons. The van der Waals surface area contributed by atoms with Gasteiger partial charge in [0.05, 0.1) is 12.5 Å². The molecule has 0 saturated heterocycles. The molecule has 0 aliphatic heterocycles. The molecule has 1 amide bonds. The Morgan fingerprint density at radius 2 is 1.84 bits per heavy atom. The summed E-state index contributed by atoms with van der Waals surface area (Å²) < 4.78 is 11.1. The highest BCUT2D eigenvalue weighted by Gasteiger charge is 2.20. The largest absolute Gasteiger partial charge is 0.505 e. The van der Waals surface area contributed by atoms with Crippen LogP contribution in [0.3, 0.4) is 0 Å². The average Bonchev–Trinajstić information content (AvgIpc) is 2.62. The minimum Gasteiger partial charge on any atom is -0.505 e. The van der Waals surface area contributed by atoms with Crippen LogP contribution in [-0.4, -0.2) is 23.1 Å². The molecule has 3 rings (SSSR count). The molecule has 2 aromatic carbocycles. The van der Waals surface area contributed by atoms with Crippen molar-refractivity contribution in [2.75, 3.05) is 7.11 Å². The Balaban J connectivity index is 2.25. The molecular weight excluding hydrogens is 322 g/mol. The molecular formula is C18H13N3O4. The van der Waals surface area contributed by atoms with Crippen LogP contribution in [0.1, 0.15) is 16.2 Å². The second-order valence-electron chi connectivity index (χ2n) is 5.07. The van der Waals surface area contributed by atoms with Crippen LogP contribution in [0.2, 0.25) is 0 Å². The fourth-order valence-electron chi connectivity index (χ4n) is 2.48. The maximum absolute atomic E-state index is 11.4. The number of ether oxygens (including phenoxy) is 2. The lowest BCUT2D eigenvalue weighted by Gasteiger charge is -2.13. The SMILES string of the molecule is COc1ccccc1Oc1cccc2c(O)c(C(N)=O)nc(C#N)c12. The molecule has 7 heteroatoms. The molecule has 0 aliphatic rings. The first-order chi connectivity index (χ1) is 12.1. The maximum Gasteiger partial charge on any atom is 0.271 e. The van der Waals surface area contributed by atoms with Crippen LogP contribution in [0.5, 0.6) is 23.0 Å². The number of carbonyl (C=O) groups is 1. The van der Waals surface area contributed by atoms with Gasteiger partial charge in [-0.05, 0) is 18.2 Å². The molecule has 0 spiro atoms. The van der Waals surface area contributed by atoms with Crippen molar-refractivity contribution in [3.8, 4) is 29.1 Å². The van der Waals surface area contributed by atoms with Crippen LogP contribution in [0.4, 0.5) is 0 Å². The molecule has 3 N–H and O–H groups in total. The van der Waals surface area contributed by atoms with Gasteiger partial charge < -0.3 is 20.3 Å². The number of pyridine rings is 1. The molecule has 0 unspecified atom stereocenters. The number of nitrogens with two attached hydrogens (primary N) is 1. The first-order valence-corrected chi connectivity index (χ1v) is 7.23. The lowest BCUT2D eigenvalue weighted by Crippen LogP contribution is -2.14. The van der Waals surface area contributed by atoms with Gasteiger partial charge in [0.25, 0.3) is 5.91 Å². The van der Waals surface area contributed by atoms with E-state index in [0.717, 1.165) is 0 Å². The fourth-order valence-corrected chi connectivity index (χ4v) is 2.48. The number of hydrogen-bond acceptors (Lipinski definition) is 6. The Bertz CT molecular complexity index is 1020. The van der Waals surface area contributed by atoms with Gasteiger partial charge in [-0.25, -0.2) is 4.98 Å². The van der Waals surface area contributed by atoms with Crippen LogP contribution >= 0.6 is 0 Å². The van der Waals surface area contributed by atoms with Crippen molar-refractivity contribution in [2.45, 2.75) is 0 Å². The summed E-state index contributed by atoms with van der Waals surface area (Å²) in [7, 11) is 1.51. The van der Waals surface area contributed by atoms with Crippen molar-refractivity contribution in [3.63, 3.8) is 0 Å². The zero-order valence-corrected chi connectivity index (χ0v) is 13.2. The zero-order chi connectivity index (χ0) is 18.0. The highest BCUT2D eigenvalue weighted by molar-refractivity contribution is 6.04. The quantitative estimate of drug-likeness (QED) is 0.756. The van der Waals surface area contributed by atoms with Crippen molar-refractivity contribution in [1.29, 1.82) is 5.26 Å². The van der Waals surface area contributed by atoms with E-state index in [2.05, 4.69) is 4.98 Å². The fraction of sp³-hybridized carbons (Fsp3) is 0.0556. The third-order valence-corrected chi connectivity index (χ3v) is 3.59. The highest BCUT2D eigenvalue weighted by atomic mass is 16.5. The zero-order valence-electron chi connectivity index (χ0n) is 13.2. The second kappa shape index (κ2) is 6.37. The van der Waals surface area contributed by atoms with E-state index < -0.39 is 11.7 Å². The van der Waals surface area contributed by atoms with Crippen LogP contribution in [0.15, 0.2) is 42.5 Å². The minimum atomic E-state index is -0.924. The molecule has 0 saturated carbocycles. The normalized spacial score (nSPS) is 10.2. The second-order valence-corrected chi connectivity index (χ2v) is 5.07. The van der Waals surface area contributed by atoms with Crippen LogP contribution < -0.4 is 15.2 Å². The monoisotopic (exact) mass is 335 g/mol. The van der Waals surface area contributed by atoms with Gasteiger partial charge in [0.15, 0.2) is 28.6 Å². The number of methoxy groups -OCH3 is 1. The van der Waals surface area contributed by atoms with Crippen LogP contribution in [-0.2, 0) is 0 Å². The number of aromatic hydroxyl groups is 1. The molecule has 1 aromatic heterocycles. The predicted molar refractivity (Wildman–Crippen MR) is 89.7 cm³/mol. The van der Waals surface area contributed by atoms with Crippen LogP contribution in [0.25, 0.3) is 10.8 Å². The van der Waals surface area contributed by atoms with E-state index in [9.17, 15) is 15.2 Å². The summed E-state index contributed by atoms with van der Waals surface area (Å²) in [5.41, 5.74) is 4.77. The molecule has 3 aromatic rings. The number of nitrogens with zero attached hydrogens (tertiary/aromatic N) is 2. The van der Waals surface area contributed by atoms with E-state index in [-0.39, 0.29) is 27.9 Å². The minimum absolute atomic E-state index is 0.0768. The molecule has 0 bridgehead atoms. The third kappa shape index (κ3) is 2.77. The summed E-state index contributed by atoms with van der Waals surface area (Å²) in [6.45, 7) is 0. The van der Waals surface area contributed by atoms with Gasteiger partial charge in [-0.1, -0.05) is 24.3 Å². The molecule has 0 atom stereocenters. The van der Waals surface area contributed by atoms with Gasteiger partial charge >= 0.3 is 0 Å².